The molecule has 4 nitrogen and oxygen atoms in total. The van der Waals surface area contributed by atoms with Crippen LogP contribution in [0.25, 0.3) is 5.69 Å². The third-order valence-corrected chi connectivity index (χ3v) is 3.04. The SMILES string of the molecule is Clc1cnn(-c2cnccc2CNC2CC2)c1. The summed E-state index contributed by atoms with van der Waals surface area (Å²) < 4.78 is 1.76. The van der Waals surface area contributed by atoms with Gasteiger partial charge >= 0.3 is 0 Å². The van der Waals surface area contributed by atoms with Crippen molar-refractivity contribution >= 4 is 11.6 Å². The summed E-state index contributed by atoms with van der Waals surface area (Å²) in [6.45, 7) is 0.847. The van der Waals surface area contributed by atoms with Gasteiger partial charge in [-0.2, -0.15) is 5.10 Å². The first-order valence-electron chi connectivity index (χ1n) is 5.70. The Bertz CT molecular complexity index is 519. The van der Waals surface area contributed by atoms with Crippen molar-refractivity contribution < 1.29 is 0 Å². The summed E-state index contributed by atoms with van der Waals surface area (Å²) in [6.07, 6.45) is 9.61. The molecule has 1 N–H and O–H groups in total. The van der Waals surface area contributed by atoms with E-state index in [0.717, 1.165) is 12.2 Å². The van der Waals surface area contributed by atoms with Gasteiger partial charge < -0.3 is 5.32 Å². The van der Waals surface area contributed by atoms with Gasteiger partial charge in [0, 0.05) is 25.0 Å². The van der Waals surface area contributed by atoms with E-state index >= 15 is 0 Å². The van der Waals surface area contributed by atoms with Crippen LogP contribution < -0.4 is 5.32 Å². The number of hydrogen-bond acceptors (Lipinski definition) is 3. The first-order valence-corrected chi connectivity index (χ1v) is 6.07. The number of nitrogens with zero attached hydrogens (tertiary/aromatic N) is 3. The van der Waals surface area contributed by atoms with Gasteiger partial charge in [0.25, 0.3) is 0 Å². The molecular formula is C12H13ClN4. The lowest BCUT2D eigenvalue weighted by Crippen LogP contribution is -2.17. The maximum atomic E-state index is 5.88. The fraction of sp³-hybridized carbons (Fsp3) is 0.333. The number of pyridine rings is 1. The summed E-state index contributed by atoms with van der Waals surface area (Å²) in [6, 6.07) is 2.71. The van der Waals surface area contributed by atoms with Gasteiger partial charge in [0.1, 0.15) is 0 Å². The Morgan fingerprint density at radius 3 is 3.00 bits per heavy atom. The number of rotatable bonds is 4. The van der Waals surface area contributed by atoms with Crippen LogP contribution in [0.1, 0.15) is 18.4 Å². The minimum atomic E-state index is 0.634. The van der Waals surface area contributed by atoms with Crippen LogP contribution in [0.5, 0.6) is 0 Å². The van der Waals surface area contributed by atoms with Crippen LogP contribution in [0.3, 0.4) is 0 Å². The highest BCUT2D eigenvalue weighted by Crippen LogP contribution is 2.21. The Kier molecular flexibility index (Phi) is 2.82. The zero-order chi connectivity index (χ0) is 11.7. The highest BCUT2D eigenvalue weighted by atomic mass is 35.5. The second kappa shape index (κ2) is 4.47. The average Bonchev–Trinajstić information content (AvgIpc) is 3.08. The van der Waals surface area contributed by atoms with Crippen molar-refractivity contribution in [3.63, 3.8) is 0 Å². The van der Waals surface area contributed by atoms with Crippen molar-refractivity contribution in [1.29, 1.82) is 0 Å². The largest absolute Gasteiger partial charge is 0.310 e. The van der Waals surface area contributed by atoms with Gasteiger partial charge in [0.15, 0.2) is 0 Å². The Morgan fingerprint density at radius 2 is 2.29 bits per heavy atom. The van der Waals surface area contributed by atoms with Crippen molar-refractivity contribution in [2.75, 3.05) is 0 Å². The second-order valence-electron chi connectivity index (χ2n) is 4.26. The summed E-state index contributed by atoms with van der Waals surface area (Å²) in [7, 11) is 0. The lowest BCUT2D eigenvalue weighted by molar-refractivity contribution is 0.680. The Morgan fingerprint density at radius 1 is 1.41 bits per heavy atom. The van der Waals surface area contributed by atoms with Crippen LogP contribution in [0.2, 0.25) is 5.02 Å². The highest BCUT2D eigenvalue weighted by molar-refractivity contribution is 6.30. The Balaban J connectivity index is 1.86. The predicted octanol–water partition coefficient (Wildman–Crippen LogP) is 2.17. The van der Waals surface area contributed by atoms with Gasteiger partial charge in [-0.1, -0.05) is 11.6 Å². The molecule has 3 rings (SSSR count). The van der Waals surface area contributed by atoms with E-state index in [0.29, 0.717) is 11.1 Å². The van der Waals surface area contributed by atoms with Crippen molar-refractivity contribution in [1.82, 2.24) is 20.1 Å². The van der Waals surface area contributed by atoms with Crippen molar-refractivity contribution in [3.8, 4) is 5.69 Å². The summed E-state index contributed by atoms with van der Waals surface area (Å²) >= 11 is 5.88. The molecule has 1 fully saturated rings. The molecule has 1 saturated carbocycles. The molecule has 2 aromatic rings. The van der Waals surface area contributed by atoms with E-state index in [2.05, 4.69) is 15.4 Å². The van der Waals surface area contributed by atoms with E-state index in [1.54, 1.807) is 23.3 Å². The molecule has 1 aliphatic carbocycles. The molecule has 0 atom stereocenters. The van der Waals surface area contributed by atoms with Gasteiger partial charge in [-0.3, -0.25) is 4.98 Å². The smallest absolute Gasteiger partial charge is 0.0874 e. The third kappa shape index (κ3) is 2.48. The van der Waals surface area contributed by atoms with E-state index < -0.39 is 0 Å². The molecule has 0 radical (unpaired) electrons. The van der Waals surface area contributed by atoms with Gasteiger partial charge in [0.2, 0.25) is 0 Å². The van der Waals surface area contributed by atoms with Gasteiger partial charge in [-0.15, -0.1) is 0 Å². The molecule has 0 aromatic carbocycles. The zero-order valence-corrected chi connectivity index (χ0v) is 10.1. The molecule has 0 aliphatic heterocycles. The molecular weight excluding hydrogens is 236 g/mol. The number of nitrogens with one attached hydrogen (secondary N) is 1. The maximum absolute atomic E-state index is 5.88. The number of aromatic nitrogens is 3. The van der Waals surface area contributed by atoms with Crippen molar-refractivity contribution in [3.05, 3.63) is 41.4 Å². The lowest BCUT2D eigenvalue weighted by Gasteiger charge is -2.09. The normalized spacial score (nSPS) is 15.1. The van der Waals surface area contributed by atoms with E-state index in [1.165, 1.54) is 18.4 Å². The van der Waals surface area contributed by atoms with Crippen molar-refractivity contribution in [2.45, 2.75) is 25.4 Å². The molecule has 0 amide bonds. The number of hydrogen-bond donors (Lipinski definition) is 1. The molecule has 0 bridgehead atoms. The summed E-state index contributed by atoms with van der Waals surface area (Å²) in [5.74, 6) is 0. The highest BCUT2D eigenvalue weighted by Gasteiger charge is 2.20. The van der Waals surface area contributed by atoms with Crippen LogP contribution in [0.4, 0.5) is 0 Å². The maximum Gasteiger partial charge on any atom is 0.0874 e. The van der Waals surface area contributed by atoms with Crippen molar-refractivity contribution in [2.24, 2.45) is 0 Å². The second-order valence-corrected chi connectivity index (χ2v) is 4.70. The first-order chi connectivity index (χ1) is 8.33. The third-order valence-electron chi connectivity index (χ3n) is 2.84. The van der Waals surface area contributed by atoms with Gasteiger partial charge in [0.05, 0.1) is 23.1 Å². The molecule has 88 valence electrons. The minimum Gasteiger partial charge on any atom is -0.310 e. The Labute approximate surface area is 105 Å². The monoisotopic (exact) mass is 248 g/mol. The fourth-order valence-corrected chi connectivity index (χ4v) is 1.88. The van der Waals surface area contributed by atoms with Crippen LogP contribution in [0.15, 0.2) is 30.9 Å². The van der Waals surface area contributed by atoms with Crippen LogP contribution >= 0.6 is 11.6 Å². The first kappa shape index (κ1) is 10.7. The molecule has 2 heterocycles. The zero-order valence-electron chi connectivity index (χ0n) is 9.31. The summed E-state index contributed by atoms with van der Waals surface area (Å²) in [5, 5.41) is 8.33. The summed E-state index contributed by atoms with van der Waals surface area (Å²) in [5.41, 5.74) is 2.17. The van der Waals surface area contributed by atoms with E-state index in [4.69, 9.17) is 11.6 Å². The molecule has 0 spiro atoms. The van der Waals surface area contributed by atoms with Crippen LogP contribution in [-0.2, 0) is 6.54 Å². The number of halogens is 1. The van der Waals surface area contributed by atoms with E-state index in [-0.39, 0.29) is 0 Å². The summed E-state index contributed by atoms with van der Waals surface area (Å²) in [4.78, 5) is 4.14. The Hall–Kier alpha value is -1.39. The molecule has 0 unspecified atom stereocenters. The topological polar surface area (TPSA) is 42.7 Å². The fourth-order valence-electron chi connectivity index (χ4n) is 1.75. The molecule has 5 heteroatoms. The van der Waals surface area contributed by atoms with Gasteiger partial charge in [-0.05, 0) is 24.5 Å². The van der Waals surface area contributed by atoms with Crippen LogP contribution in [0, 0.1) is 0 Å². The average molecular weight is 249 g/mol. The van der Waals surface area contributed by atoms with Gasteiger partial charge in [-0.25, -0.2) is 4.68 Å². The molecule has 17 heavy (non-hydrogen) atoms. The predicted molar refractivity (Wildman–Crippen MR) is 66.2 cm³/mol. The minimum absolute atomic E-state index is 0.634. The standard InChI is InChI=1S/C12H13ClN4/c13-10-6-16-17(8-10)12-7-14-4-3-9(12)5-15-11-1-2-11/h3-4,6-8,11,15H,1-2,5H2. The molecule has 1 aliphatic rings. The molecule has 0 saturated heterocycles. The lowest BCUT2D eigenvalue weighted by atomic mass is 10.2. The van der Waals surface area contributed by atoms with Crippen LogP contribution in [-0.4, -0.2) is 20.8 Å². The van der Waals surface area contributed by atoms with E-state index in [9.17, 15) is 0 Å². The van der Waals surface area contributed by atoms with E-state index in [1.807, 2.05) is 12.3 Å². The quantitative estimate of drug-likeness (QED) is 0.902. The molecule has 2 aromatic heterocycles.